The van der Waals surface area contributed by atoms with Crippen LogP contribution in [-0.4, -0.2) is 24.2 Å². The van der Waals surface area contributed by atoms with E-state index < -0.39 is 5.54 Å². The van der Waals surface area contributed by atoms with Crippen LogP contribution in [0.25, 0.3) is 0 Å². The molecule has 76 valence electrons. The van der Waals surface area contributed by atoms with Crippen molar-refractivity contribution in [2.45, 2.75) is 44.2 Å². The number of hydrogen-bond acceptors (Lipinski definition) is 4. The van der Waals surface area contributed by atoms with Crippen LogP contribution in [0.3, 0.4) is 0 Å². The summed E-state index contributed by atoms with van der Waals surface area (Å²) in [6, 6.07) is 0.200. The van der Waals surface area contributed by atoms with Gasteiger partial charge < -0.3 is 16.2 Å². The molecule has 0 saturated heterocycles. The third-order valence-corrected chi connectivity index (χ3v) is 2.60. The van der Waals surface area contributed by atoms with E-state index in [2.05, 4.69) is 0 Å². The predicted molar refractivity (Wildman–Crippen MR) is 50.0 cm³/mol. The number of nitrogens with two attached hydrogens (primary N) is 2. The van der Waals surface area contributed by atoms with Crippen LogP contribution in [0.5, 0.6) is 0 Å². The molecular weight excluding hydrogens is 168 g/mol. The lowest BCUT2D eigenvalue weighted by atomic mass is 9.80. The Bertz CT molecular complexity index is 186. The number of carbonyl (C=O) groups excluding carboxylic acids is 1. The maximum Gasteiger partial charge on any atom is 0.326 e. The van der Waals surface area contributed by atoms with E-state index in [1.165, 1.54) is 0 Å². The molecule has 0 amide bonds. The van der Waals surface area contributed by atoms with Gasteiger partial charge >= 0.3 is 5.97 Å². The second kappa shape index (κ2) is 4.07. The van der Waals surface area contributed by atoms with Gasteiger partial charge in [-0.25, -0.2) is 0 Å². The Balaban J connectivity index is 2.51. The molecule has 4 N–H and O–H groups in total. The molecule has 0 aromatic heterocycles. The van der Waals surface area contributed by atoms with E-state index in [4.69, 9.17) is 16.2 Å². The monoisotopic (exact) mass is 186 g/mol. The Morgan fingerprint density at radius 2 is 2.08 bits per heavy atom. The van der Waals surface area contributed by atoms with Gasteiger partial charge in [-0.3, -0.25) is 4.79 Å². The molecule has 1 fully saturated rings. The van der Waals surface area contributed by atoms with Crippen LogP contribution in [0, 0.1) is 0 Å². The van der Waals surface area contributed by atoms with Gasteiger partial charge in [0.15, 0.2) is 0 Å². The molecule has 1 aliphatic rings. The van der Waals surface area contributed by atoms with Gasteiger partial charge in [-0.1, -0.05) is 0 Å². The highest BCUT2D eigenvalue weighted by Gasteiger charge is 2.38. The minimum absolute atomic E-state index is 0.200. The van der Waals surface area contributed by atoms with Crippen molar-refractivity contribution in [3.63, 3.8) is 0 Å². The molecule has 0 bridgehead atoms. The van der Waals surface area contributed by atoms with Gasteiger partial charge in [0.2, 0.25) is 0 Å². The largest absolute Gasteiger partial charge is 0.465 e. The molecule has 1 rings (SSSR count). The van der Waals surface area contributed by atoms with Crippen molar-refractivity contribution in [1.29, 1.82) is 0 Å². The Morgan fingerprint density at radius 1 is 1.54 bits per heavy atom. The highest BCUT2D eigenvalue weighted by molar-refractivity contribution is 5.80. The third kappa shape index (κ3) is 2.42. The fourth-order valence-electron chi connectivity index (χ4n) is 1.63. The Hall–Kier alpha value is -0.610. The van der Waals surface area contributed by atoms with Crippen LogP contribution in [0.4, 0.5) is 0 Å². The zero-order valence-corrected chi connectivity index (χ0v) is 8.08. The zero-order valence-electron chi connectivity index (χ0n) is 8.08. The number of hydrogen-bond donors (Lipinski definition) is 2. The summed E-state index contributed by atoms with van der Waals surface area (Å²) in [6.45, 7) is 2.18. The van der Waals surface area contributed by atoms with E-state index >= 15 is 0 Å². The van der Waals surface area contributed by atoms with Crippen LogP contribution < -0.4 is 11.5 Å². The molecule has 0 aliphatic heterocycles. The van der Waals surface area contributed by atoms with Crippen molar-refractivity contribution in [2.75, 3.05) is 6.61 Å². The molecule has 4 heteroatoms. The standard InChI is InChI=1S/C9H18N2O2/c1-2-13-8(12)9(11)5-3-7(10)4-6-9/h7H,2-6,10-11H2,1H3. The average molecular weight is 186 g/mol. The van der Waals surface area contributed by atoms with Crippen LogP contribution in [0.15, 0.2) is 0 Å². The molecule has 0 atom stereocenters. The number of rotatable bonds is 2. The van der Waals surface area contributed by atoms with Gasteiger partial charge in [-0.05, 0) is 32.6 Å². The molecule has 0 unspecified atom stereocenters. The fourth-order valence-corrected chi connectivity index (χ4v) is 1.63. The molecule has 0 spiro atoms. The van der Waals surface area contributed by atoms with E-state index in [0.29, 0.717) is 19.4 Å². The SMILES string of the molecule is CCOC(=O)C1(N)CCC(N)CC1. The van der Waals surface area contributed by atoms with E-state index in [9.17, 15) is 4.79 Å². The quantitative estimate of drug-likeness (QED) is 0.602. The van der Waals surface area contributed by atoms with Gasteiger partial charge in [0.25, 0.3) is 0 Å². The van der Waals surface area contributed by atoms with Gasteiger partial charge in [0.1, 0.15) is 5.54 Å². The molecule has 0 aromatic rings. The number of carbonyl (C=O) groups is 1. The van der Waals surface area contributed by atoms with Crippen molar-refractivity contribution in [3.8, 4) is 0 Å². The highest BCUT2D eigenvalue weighted by Crippen LogP contribution is 2.26. The molecule has 0 aromatic carbocycles. The second-order valence-corrected chi connectivity index (χ2v) is 3.71. The highest BCUT2D eigenvalue weighted by atomic mass is 16.5. The molecule has 0 radical (unpaired) electrons. The van der Waals surface area contributed by atoms with Crippen LogP contribution in [0.1, 0.15) is 32.6 Å². The minimum atomic E-state index is -0.772. The summed E-state index contributed by atoms with van der Waals surface area (Å²) in [6.07, 6.45) is 2.92. The van der Waals surface area contributed by atoms with E-state index in [1.54, 1.807) is 6.92 Å². The Kier molecular flexibility index (Phi) is 3.27. The van der Waals surface area contributed by atoms with Crippen molar-refractivity contribution in [2.24, 2.45) is 11.5 Å². The number of ether oxygens (including phenoxy) is 1. The van der Waals surface area contributed by atoms with E-state index in [0.717, 1.165) is 12.8 Å². The van der Waals surface area contributed by atoms with Crippen molar-refractivity contribution in [3.05, 3.63) is 0 Å². The smallest absolute Gasteiger partial charge is 0.326 e. The second-order valence-electron chi connectivity index (χ2n) is 3.71. The third-order valence-electron chi connectivity index (χ3n) is 2.60. The van der Waals surface area contributed by atoms with Crippen LogP contribution in [-0.2, 0) is 9.53 Å². The average Bonchev–Trinajstić information content (AvgIpc) is 2.11. The lowest BCUT2D eigenvalue weighted by Gasteiger charge is -2.33. The normalized spacial score (nSPS) is 34.2. The summed E-state index contributed by atoms with van der Waals surface area (Å²) in [5.41, 5.74) is 10.9. The summed E-state index contributed by atoms with van der Waals surface area (Å²) in [5, 5.41) is 0. The summed E-state index contributed by atoms with van der Waals surface area (Å²) in [7, 11) is 0. The van der Waals surface area contributed by atoms with Gasteiger partial charge in [0, 0.05) is 6.04 Å². The molecular formula is C9H18N2O2. The summed E-state index contributed by atoms with van der Waals surface area (Å²) < 4.78 is 4.91. The summed E-state index contributed by atoms with van der Waals surface area (Å²) >= 11 is 0. The predicted octanol–water partition coefficient (Wildman–Crippen LogP) is 0.148. The maximum atomic E-state index is 11.4. The van der Waals surface area contributed by atoms with Gasteiger partial charge in [-0.2, -0.15) is 0 Å². The van der Waals surface area contributed by atoms with Crippen molar-refractivity contribution in [1.82, 2.24) is 0 Å². The van der Waals surface area contributed by atoms with Crippen LogP contribution in [0.2, 0.25) is 0 Å². The zero-order chi connectivity index (χ0) is 9.90. The first-order chi connectivity index (χ1) is 6.08. The summed E-state index contributed by atoms with van der Waals surface area (Å²) in [5.74, 6) is -0.276. The van der Waals surface area contributed by atoms with E-state index in [-0.39, 0.29) is 12.0 Å². The lowest BCUT2D eigenvalue weighted by molar-refractivity contribution is -0.151. The van der Waals surface area contributed by atoms with Gasteiger partial charge in [-0.15, -0.1) is 0 Å². The van der Waals surface area contributed by atoms with Crippen molar-refractivity contribution >= 4 is 5.97 Å². The molecule has 1 saturated carbocycles. The Labute approximate surface area is 78.6 Å². The minimum Gasteiger partial charge on any atom is -0.465 e. The first kappa shape index (κ1) is 10.5. The topological polar surface area (TPSA) is 78.3 Å². The van der Waals surface area contributed by atoms with E-state index in [1.807, 2.05) is 0 Å². The molecule has 1 aliphatic carbocycles. The first-order valence-electron chi connectivity index (χ1n) is 4.80. The van der Waals surface area contributed by atoms with Gasteiger partial charge in [0.05, 0.1) is 6.61 Å². The first-order valence-corrected chi connectivity index (χ1v) is 4.80. The molecule has 0 heterocycles. The molecule has 13 heavy (non-hydrogen) atoms. The van der Waals surface area contributed by atoms with Crippen LogP contribution >= 0.6 is 0 Å². The fraction of sp³-hybridized carbons (Fsp3) is 0.889. The maximum absolute atomic E-state index is 11.4. The summed E-state index contributed by atoms with van der Waals surface area (Å²) in [4.78, 5) is 11.4. The lowest BCUT2D eigenvalue weighted by Crippen LogP contribution is -2.53. The molecule has 4 nitrogen and oxygen atoms in total. The van der Waals surface area contributed by atoms with Crippen molar-refractivity contribution < 1.29 is 9.53 Å². The Morgan fingerprint density at radius 3 is 2.54 bits per heavy atom. The number of esters is 1.